The first-order valence-corrected chi connectivity index (χ1v) is 6.03. The van der Waals surface area contributed by atoms with Crippen molar-refractivity contribution in [3.8, 4) is 0 Å². The number of ether oxygens (including phenoxy) is 1. The van der Waals surface area contributed by atoms with Crippen LogP contribution in [0.3, 0.4) is 0 Å². The minimum absolute atomic E-state index is 0.156. The lowest BCUT2D eigenvalue weighted by atomic mass is 10.2. The highest BCUT2D eigenvalue weighted by Crippen LogP contribution is 2.35. The number of rotatable bonds is 3. The van der Waals surface area contributed by atoms with Crippen LogP contribution < -0.4 is 0 Å². The molecule has 0 rings (SSSR count). The van der Waals surface area contributed by atoms with Crippen molar-refractivity contribution in [3.05, 3.63) is 12.2 Å². The molecular formula is C8H11Br3O2. The second-order valence-electron chi connectivity index (χ2n) is 2.87. The second kappa shape index (κ2) is 5.51. The number of esters is 1. The van der Waals surface area contributed by atoms with Gasteiger partial charge >= 0.3 is 5.97 Å². The molecule has 0 radical (unpaired) electrons. The van der Waals surface area contributed by atoms with Crippen LogP contribution in [0, 0.1) is 0 Å². The summed E-state index contributed by atoms with van der Waals surface area (Å²) in [6.45, 7) is 7.46. The summed E-state index contributed by atoms with van der Waals surface area (Å²) >= 11 is 9.23. The maximum Gasteiger partial charge on any atom is 0.345 e. The van der Waals surface area contributed by atoms with Crippen LogP contribution in [0.5, 0.6) is 0 Å². The molecule has 0 saturated heterocycles. The van der Waals surface area contributed by atoms with Crippen LogP contribution in [0.2, 0.25) is 0 Å². The minimum Gasteiger partial charge on any atom is -0.460 e. The van der Waals surface area contributed by atoms with E-state index in [1.54, 1.807) is 0 Å². The third kappa shape index (κ3) is 6.69. The minimum atomic E-state index is -0.976. The van der Waals surface area contributed by atoms with E-state index >= 15 is 0 Å². The third-order valence-corrected chi connectivity index (χ3v) is 2.15. The molecule has 1 atom stereocenters. The van der Waals surface area contributed by atoms with Crippen LogP contribution in [0.4, 0.5) is 0 Å². The van der Waals surface area contributed by atoms with E-state index in [4.69, 9.17) is 4.74 Å². The molecule has 13 heavy (non-hydrogen) atoms. The Labute approximate surface area is 103 Å². The number of carbonyl (C=O) groups excluding carboxylic acids is 1. The first-order chi connectivity index (χ1) is 5.73. The van der Waals surface area contributed by atoms with Gasteiger partial charge in [0.25, 0.3) is 0 Å². The second-order valence-corrected chi connectivity index (χ2v) is 9.64. The van der Waals surface area contributed by atoms with Gasteiger partial charge in [0.2, 0.25) is 2.14 Å². The van der Waals surface area contributed by atoms with E-state index in [0.29, 0.717) is 6.42 Å². The highest BCUT2D eigenvalue weighted by molar-refractivity contribution is 9.40. The lowest BCUT2D eigenvalue weighted by molar-refractivity contribution is -0.145. The molecule has 0 aliphatic carbocycles. The lowest BCUT2D eigenvalue weighted by Crippen LogP contribution is -2.25. The van der Waals surface area contributed by atoms with Gasteiger partial charge in [0.15, 0.2) is 0 Å². The van der Waals surface area contributed by atoms with E-state index < -0.39 is 8.11 Å². The summed E-state index contributed by atoms with van der Waals surface area (Å²) in [5, 5.41) is 0. The standard InChI is InChI=1S/C8H11Br3O2/c1-5(2)4-6(3)13-7(12)8(9,10)11/h6H,1,4H2,2-3H3. The highest BCUT2D eigenvalue weighted by Gasteiger charge is 2.31. The maximum atomic E-state index is 11.3. The average molecular weight is 379 g/mol. The molecule has 0 amide bonds. The van der Waals surface area contributed by atoms with Crippen molar-refractivity contribution in [2.75, 3.05) is 0 Å². The Bertz CT molecular complexity index is 208. The van der Waals surface area contributed by atoms with Gasteiger partial charge in [-0.2, -0.15) is 0 Å². The molecule has 0 fully saturated rings. The fourth-order valence-corrected chi connectivity index (χ4v) is 1.06. The zero-order valence-electron chi connectivity index (χ0n) is 7.44. The lowest BCUT2D eigenvalue weighted by Gasteiger charge is -2.17. The van der Waals surface area contributed by atoms with E-state index in [2.05, 4.69) is 54.4 Å². The molecule has 0 saturated carbocycles. The largest absolute Gasteiger partial charge is 0.460 e. The molecule has 0 aromatic heterocycles. The first-order valence-electron chi connectivity index (χ1n) is 3.65. The molecule has 0 aromatic carbocycles. The van der Waals surface area contributed by atoms with E-state index in [1.165, 1.54) is 0 Å². The molecule has 2 nitrogen and oxygen atoms in total. The summed E-state index contributed by atoms with van der Waals surface area (Å²) in [4.78, 5) is 11.3. The fourth-order valence-electron chi connectivity index (χ4n) is 0.782. The van der Waals surface area contributed by atoms with Gasteiger partial charge in [-0.25, -0.2) is 4.79 Å². The van der Waals surface area contributed by atoms with Gasteiger partial charge in [0, 0.05) is 6.42 Å². The normalized spacial score (nSPS) is 13.6. The smallest absolute Gasteiger partial charge is 0.345 e. The Balaban J connectivity index is 4.00. The van der Waals surface area contributed by atoms with Crippen molar-refractivity contribution in [2.24, 2.45) is 0 Å². The molecule has 0 N–H and O–H groups in total. The predicted molar refractivity (Wildman–Crippen MR) is 64.5 cm³/mol. The van der Waals surface area contributed by atoms with E-state index in [1.807, 2.05) is 13.8 Å². The number of halogens is 3. The Morgan fingerprint density at radius 2 is 2.00 bits per heavy atom. The predicted octanol–water partition coefficient (Wildman–Crippen LogP) is 3.72. The van der Waals surface area contributed by atoms with Crippen molar-refractivity contribution < 1.29 is 9.53 Å². The molecule has 0 bridgehead atoms. The monoisotopic (exact) mass is 376 g/mol. The van der Waals surface area contributed by atoms with Gasteiger partial charge in [-0.15, -0.1) is 6.58 Å². The molecule has 1 unspecified atom stereocenters. The van der Waals surface area contributed by atoms with Gasteiger partial charge in [0.1, 0.15) is 6.10 Å². The third-order valence-electron chi connectivity index (χ3n) is 1.18. The maximum absolute atomic E-state index is 11.3. The van der Waals surface area contributed by atoms with Crippen molar-refractivity contribution in [3.63, 3.8) is 0 Å². The van der Waals surface area contributed by atoms with Crippen LogP contribution in [0.25, 0.3) is 0 Å². The molecule has 0 aromatic rings. The van der Waals surface area contributed by atoms with Crippen LogP contribution >= 0.6 is 47.8 Å². The summed E-state index contributed by atoms with van der Waals surface area (Å²) < 4.78 is 4.11. The van der Waals surface area contributed by atoms with E-state index in [-0.39, 0.29) is 6.10 Å². The summed E-state index contributed by atoms with van der Waals surface area (Å²) in [7, 11) is 0. The Kier molecular flexibility index (Phi) is 5.79. The van der Waals surface area contributed by atoms with Gasteiger partial charge in [-0.1, -0.05) is 5.57 Å². The molecule has 0 heterocycles. The summed E-state index contributed by atoms with van der Waals surface area (Å²) in [5.41, 5.74) is 0.990. The van der Waals surface area contributed by atoms with Crippen molar-refractivity contribution in [2.45, 2.75) is 28.5 Å². The summed E-state index contributed by atoms with van der Waals surface area (Å²) in [5.74, 6) is -0.402. The van der Waals surface area contributed by atoms with E-state index in [0.717, 1.165) is 5.57 Å². The first kappa shape index (κ1) is 13.7. The van der Waals surface area contributed by atoms with Gasteiger partial charge in [-0.05, 0) is 61.6 Å². The van der Waals surface area contributed by atoms with Crippen LogP contribution in [-0.4, -0.2) is 14.2 Å². The molecule has 0 aliphatic heterocycles. The molecular weight excluding hydrogens is 368 g/mol. The van der Waals surface area contributed by atoms with Crippen LogP contribution in [-0.2, 0) is 9.53 Å². The molecule has 5 heteroatoms. The Morgan fingerprint density at radius 3 is 2.31 bits per heavy atom. The summed E-state index contributed by atoms with van der Waals surface area (Å²) in [6, 6.07) is 0. The summed E-state index contributed by atoms with van der Waals surface area (Å²) in [6.07, 6.45) is 0.520. The molecule has 76 valence electrons. The number of hydrogen-bond donors (Lipinski definition) is 0. The van der Waals surface area contributed by atoms with Crippen molar-refractivity contribution >= 4 is 53.8 Å². The number of hydrogen-bond acceptors (Lipinski definition) is 2. The average Bonchev–Trinajstić information content (AvgIpc) is 1.82. The van der Waals surface area contributed by atoms with Gasteiger partial charge in [0.05, 0.1) is 0 Å². The van der Waals surface area contributed by atoms with E-state index in [9.17, 15) is 4.79 Å². The van der Waals surface area contributed by atoms with Crippen molar-refractivity contribution in [1.29, 1.82) is 0 Å². The van der Waals surface area contributed by atoms with Gasteiger partial charge in [-0.3, -0.25) is 0 Å². The van der Waals surface area contributed by atoms with Crippen LogP contribution in [0.1, 0.15) is 20.3 Å². The topological polar surface area (TPSA) is 26.3 Å². The zero-order valence-corrected chi connectivity index (χ0v) is 12.2. The quantitative estimate of drug-likeness (QED) is 0.425. The SMILES string of the molecule is C=C(C)CC(C)OC(=O)C(Br)(Br)Br. The van der Waals surface area contributed by atoms with Crippen LogP contribution in [0.15, 0.2) is 12.2 Å². The Hall–Kier alpha value is 0.650. The highest BCUT2D eigenvalue weighted by atomic mass is 80.0. The number of carbonyl (C=O) groups is 1. The fraction of sp³-hybridized carbons (Fsp3) is 0.625. The van der Waals surface area contributed by atoms with Gasteiger partial charge < -0.3 is 4.74 Å². The van der Waals surface area contributed by atoms with Crippen molar-refractivity contribution in [1.82, 2.24) is 0 Å². The zero-order chi connectivity index (χ0) is 10.6. The Morgan fingerprint density at radius 1 is 1.54 bits per heavy atom. The molecule has 0 aliphatic rings. The number of alkyl halides is 3. The molecule has 0 spiro atoms.